The highest BCUT2D eigenvalue weighted by atomic mass is 16.3. The first kappa shape index (κ1) is 19.9. The third kappa shape index (κ3) is 4.17. The van der Waals surface area contributed by atoms with Crippen molar-refractivity contribution in [1.29, 1.82) is 0 Å². The number of benzene rings is 1. The van der Waals surface area contributed by atoms with Crippen molar-refractivity contribution in [2.45, 2.75) is 45.8 Å². The molecule has 3 aromatic rings. The summed E-state index contributed by atoms with van der Waals surface area (Å²) in [6.45, 7) is 6.86. The van der Waals surface area contributed by atoms with E-state index in [0.29, 0.717) is 18.3 Å². The van der Waals surface area contributed by atoms with E-state index < -0.39 is 0 Å². The molecule has 28 heavy (non-hydrogen) atoms. The molecule has 0 aliphatic heterocycles. The van der Waals surface area contributed by atoms with Crippen LogP contribution in [0.1, 0.15) is 38.8 Å². The molecule has 2 heterocycles. The van der Waals surface area contributed by atoms with Gasteiger partial charge in [0.25, 0.3) is 0 Å². The van der Waals surface area contributed by atoms with Gasteiger partial charge in [-0.2, -0.15) is 9.97 Å². The summed E-state index contributed by atoms with van der Waals surface area (Å²) < 4.78 is 2.05. The van der Waals surface area contributed by atoms with Gasteiger partial charge in [0.05, 0.1) is 12.6 Å². The SMILES string of the molecule is CCC(CO)Nc1nc(NCc2ccccc2)c2nc(NC)n(C(C)C)c2n1. The molecule has 3 rings (SSSR count). The van der Waals surface area contributed by atoms with E-state index in [1.807, 2.05) is 32.2 Å². The van der Waals surface area contributed by atoms with Crippen LogP contribution in [0.25, 0.3) is 11.2 Å². The van der Waals surface area contributed by atoms with Gasteiger partial charge in [-0.1, -0.05) is 37.3 Å². The minimum absolute atomic E-state index is 0.0237. The minimum Gasteiger partial charge on any atom is -0.394 e. The summed E-state index contributed by atoms with van der Waals surface area (Å²) in [5.41, 5.74) is 2.62. The molecule has 0 aliphatic rings. The van der Waals surface area contributed by atoms with E-state index in [9.17, 15) is 5.11 Å². The van der Waals surface area contributed by atoms with E-state index in [0.717, 1.165) is 29.1 Å². The van der Waals surface area contributed by atoms with Gasteiger partial charge in [-0.05, 0) is 25.8 Å². The third-order valence-electron chi connectivity index (χ3n) is 4.63. The highest BCUT2D eigenvalue weighted by Gasteiger charge is 2.20. The summed E-state index contributed by atoms with van der Waals surface area (Å²) in [4.78, 5) is 14.1. The van der Waals surface area contributed by atoms with Crippen molar-refractivity contribution in [3.05, 3.63) is 35.9 Å². The average Bonchev–Trinajstić information content (AvgIpc) is 3.10. The van der Waals surface area contributed by atoms with Crippen LogP contribution >= 0.6 is 0 Å². The van der Waals surface area contributed by atoms with Gasteiger partial charge in [-0.25, -0.2) is 4.98 Å². The molecule has 0 spiro atoms. The van der Waals surface area contributed by atoms with Gasteiger partial charge in [0.15, 0.2) is 17.0 Å². The second-order valence-corrected chi connectivity index (χ2v) is 6.99. The van der Waals surface area contributed by atoms with Crippen molar-refractivity contribution in [3.63, 3.8) is 0 Å². The Hall–Kier alpha value is -2.87. The maximum Gasteiger partial charge on any atom is 0.227 e. The van der Waals surface area contributed by atoms with Crippen LogP contribution in [0.2, 0.25) is 0 Å². The topological polar surface area (TPSA) is 99.9 Å². The largest absolute Gasteiger partial charge is 0.394 e. The molecule has 0 aliphatic carbocycles. The van der Waals surface area contributed by atoms with Gasteiger partial charge in [0.2, 0.25) is 11.9 Å². The Balaban J connectivity index is 2.05. The van der Waals surface area contributed by atoms with Gasteiger partial charge in [0, 0.05) is 19.6 Å². The van der Waals surface area contributed by atoms with Crippen molar-refractivity contribution >= 4 is 28.9 Å². The Kier molecular flexibility index (Phi) is 6.30. The number of anilines is 3. The number of hydrogen-bond acceptors (Lipinski definition) is 7. The van der Waals surface area contributed by atoms with Crippen LogP contribution in [-0.4, -0.2) is 44.3 Å². The van der Waals surface area contributed by atoms with E-state index in [4.69, 9.17) is 9.97 Å². The standard InChI is InChI=1S/C20H29N7O/c1-5-15(12-28)23-19-25-17(22-11-14-9-7-6-8-10-14)16-18(26-19)27(13(2)3)20(21-4)24-16/h6-10,13,15,28H,5,11-12H2,1-4H3,(H,21,24)(H2,22,23,25,26). The van der Waals surface area contributed by atoms with Crippen LogP contribution in [0, 0.1) is 0 Å². The Morgan fingerprint density at radius 2 is 1.86 bits per heavy atom. The summed E-state index contributed by atoms with van der Waals surface area (Å²) in [7, 11) is 1.85. The second kappa shape index (κ2) is 8.88. The summed E-state index contributed by atoms with van der Waals surface area (Å²) in [5.74, 6) is 1.89. The molecule has 8 nitrogen and oxygen atoms in total. The molecule has 0 bridgehead atoms. The van der Waals surface area contributed by atoms with Crippen molar-refractivity contribution in [2.24, 2.45) is 0 Å². The Morgan fingerprint density at radius 1 is 1.11 bits per heavy atom. The van der Waals surface area contributed by atoms with Crippen LogP contribution in [0.15, 0.2) is 30.3 Å². The molecule has 150 valence electrons. The van der Waals surface area contributed by atoms with Gasteiger partial charge in [-0.3, -0.25) is 4.57 Å². The van der Waals surface area contributed by atoms with Crippen LogP contribution < -0.4 is 16.0 Å². The monoisotopic (exact) mass is 383 g/mol. The summed E-state index contributed by atoms with van der Waals surface area (Å²) in [6.07, 6.45) is 0.774. The van der Waals surface area contributed by atoms with E-state index >= 15 is 0 Å². The third-order valence-corrected chi connectivity index (χ3v) is 4.63. The Morgan fingerprint density at radius 3 is 2.46 bits per heavy atom. The number of hydrogen-bond donors (Lipinski definition) is 4. The van der Waals surface area contributed by atoms with Gasteiger partial charge < -0.3 is 21.1 Å². The molecule has 0 saturated carbocycles. The zero-order valence-electron chi connectivity index (χ0n) is 16.9. The van der Waals surface area contributed by atoms with E-state index in [-0.39, 0.29) is 18.7 Å². The smallest absolute Gasteiger partial charge is 0.227 e. The normalized spacial score (nSPS) is 12.4. The van der Waals surface area contributed by atoms with Crippen molar-refractivity contribution < 1.29 is 5.11 Å². The number of aliphatic hydroxyl groups is 1. The number of rotatable bonds is 9. The Labute approximate surface area is 165 Å². The molecule has 0 saturated heterocycles. The minimum atomic E-state index is -0.0985. The zero-order valence-corrected chi connectivity index (χ0v) is 16.9. The van der Waals surface area contributed by atoms with E-state index in [1.165, 1.54) is 0 Å². The lowest BCUT2D eigenvalue weighted by atomic mass is 10.2. The highest BCUT2D eigenvalue weighted by molar-refractivity contribution is 5.86. The molecule has 1 unspecified atom stereocenters. The number of imidazole rings is 1. The number of fused-ring (bicyclic) bond motifs is 1. The van der Waals surface area contributed by atoms with Crippen molar-refractivity contribution in [2.75, 3.05) is 29.6 Å². The van der Waals surface area contributed by atoms with Gasteiger partial charge >= 0.3 is 0 Å². The fourth-order valence-corrected chi connectivity index (χ4v) is 3.07. The summed E-state index contributed by atoms with van der Waals surface area (Å²) in [5, 5.41) is 19.3. The molecule has 4 N–H and O–H groups in total. The maximum atomic E-state index is 9.55. The van der Waals surface area contributed by atoms with Crippen LogP contribution in [0.3, 0.4) is 0 Å². The molecule has 1 aromatic carbocycles. The molecule has 1 atom stereocenters. The first-order valence-electron chi connectivity index (χ1n) is 9.70. The maximum absolute atomic E-state index is 9.55. The van der Waals surface area contributed by atoms with Gasteiger partial charge in [0.1, 0.15) is 0 Å². The molecule has 8 heteroatoms. The number of aliphatic hydroxyl groups excluding tert-OH is 1. The van der Waals surface area contributed by atoms with Crippen LogP contribution in [-0.2, 0) is 6.54 Å². The zero-order chi connectivity index (χ0) is 20.1. The molecule has 2 aromatic heterocycles. The molecular weight excluding hydrogens is 354 g/mol. The average molecular weight is 384 g/mol. The first-order valence-corrected chi connectivity index (χ1v) is 9.70. The number of aromatic nitrogens is 4. The second-order valence-electron chi connectivity index (χ2n) is 6.99. The fraction of sp³-hybridized carbons (Fsp3) is 0.450. The lowest BCUT2D eigenvalue weighted by Crippen LogP contribution is -2.24. The molecule has 0 fully saturated rings. The molecule has 0 amide bonds. The lowest BCUT2D eigenvalue weighted by molar-refractivity contribution is 0.271. The quantitative estimate of drug-likeness (QED) is 0.450. The van der Waals surface area contributed by atoms with Crippen LogP contribution in [0.5, 0.6) is 0 Å². The van der Waals surface area contributed by atoms with Crippen molar-refractivity contribution in [1.82, 2.24) is 19.5 Å². The van der Waals surface area contributed by atoms with E-state index in [1.54, 1.807) is 0 Å². The Bertz CT molecular complexity index is 904. The summed E-state index contributed by atoms with van der Waals surface area (Å²) >= 11 is 0. The number of nitrogens with zero attached hydrogens (tertiary/aromatic N) is 4. The fourth-order valence-electron chi connectivity index (χ4n) is 3.07. The predicted molar refractivity (Wildman–Crippen MR) is 114 cm³/mol. The van der Waals surface area contributed by atoms with Gasteiger partial charge in [-0.15, -0.1) is 0 Å². The summed E-state index contributed by atoms with van der Waals surface area (Å²) in [6, 6.07) is 10.2. The highest BCUT2D eigenvalue weighted by Crippen LogP contribution is 2.28. The molecular formula is C20H29N7O. The number of nitrogens with one attached hydrogen (secondary N) is 3. The predicted octanol–water partition coefficient (Wildman–Crippen LogP) is 3.24. The first-order chi connectivity index (χ1) is 13.6. The molecule has 0 radical (unpaired) electrons. The lowest BCUT2D eigenvalue weighted by Gasteiger charge is -2.16. The van der Waals surface area contributed by atoms with E-state index in [2.05, 4.69) is 51.5 Å². The van der Waals surface area contributed by atoms with Crippen molar-refractivity contribution in [3.8, 4) is 0 Å². The van der Waals surface area contributed by atoms with Crippen LogP contribution in [0.4, 0.5) is 17.7 Å².